The van der Waals surface area contributed by atoms with Gasteiger partial charge >= 0.3 is 6.09 Å². The van der Waals surface area contributed by atoms with Gasteiger partial charge in [0.2, 0.25) is 17.6 Å². The first-order valence-corrected chi connectivity index (χ1v) is 22.2. The van der Waals surface area contributed by atoms with E-state index in [-0.39, 0.29) is 60.7 Å². The van der Waals surface area contributed by atoms with Gasteiger partial charge in [0.25, 0.3) is 10.1 Å². The summed E-state index contributed by atoms with van der Waals surface area (Å²) in [5.41, 5.74) is 0.865. The number of nitrogens with zero attached hydrogens (tertiary/aromatic N) is 3. The number of rotatable bonds is 17. The third-order valence-corrected chi connectivity index (χ3v) is 12.5. The molecule has 316 valence electrons. The highest BCUT2D eigenvalue weighted by Crippen LogP contribution is 2.37. The summed E-state index contributed by atoms with van der Waals surface area (Å²) in [7, 11) is -2.36. The molecule has 58 heavy (non-hydrogen) atoms. The molecule has 16 heteroatoms. The Morgan fingerprint density at radius 3 is 2.38 bits per heavy atom. The van der Waals surface area contributed by atoms with Crippen molar-refractivity contribution in [1.29, 1.82) is 0 Å². The zero-order valence-corrected chi connectivity index (χ0v) is 35.9. The summed E-state index contributed by atoms with van der Waals surface area (Å²) in [4.78, 5) is 62.2. The molecule has 2 heterocycles. The zero-order valence-electron chi connectivity index (χ0n) is 34.2. The van der Waals surface area contributed by atoms with E-state index < -0.39 is 39.8 Å². The Morgan fingerprint density at radius 1 is 0.966 bits per heavy atom. The van der Waals surface area contributed by atoms with E-state index in [0.717, 1.165) is 44.1 Å². The van der Waals surface area contributed by atoms with E-state index in [2.05, 4.69) is 5.32 Å². The van der Waals surface area contributed by atoms with E-state index in [1.54, 1.807) is 74.4 Å². The molecular weight excluding hydrogens is 785 g/mol. The molecule has 3 atom stereocenters. The highest BCUT2D eigenvalue weighted by Gasteiger charge is 2.41. The van der Waals surface area contributed by atoms with Crippen LogP contribution in [0.1, 0.15) is 105 Å². The number of ketones is 1. The first-order chi connectivity index (χ1) is 27.5. The first-order valence-electron chi connectivity index (χ1n) is 19.9. The maximum atomic E-state index is 14.4. The van der Waals surface area contributed by atoms with Gasteiger partial charge in [-0.25, -0.2) is 9.78 Å². The highest BCUT2D eigenvalue weighted by atomic mass is 32.2. The van der Waals surface area contributed by atoms with Gasteiger partial charge in [-0.05, 0) is 90.5 Å². The van der Waals surface area contributed by atoms with Crippen LogP contribution in [0.2, 0.25) is 0 Å². The Bertz CT molecular complexity index is 1990. The number of carbonyl (C=O) groups excluding carboxylic acids is 4. The summed E-state index contributed by atoms with van der Waals surface area (Å²) in [6.07, 6.45) is 5.46. The zero-order chi connectivity index (χ0) is 42.0. The van der Waals surface area contributed by atoms with Crippen molar-refractivity contribution in [2.75, 3.05) is 40.0 Å². The molecular formula is C42H56N4O10S2. The maximum absolute atomic E-state index is 14.4. The molecule has 2 fully saturated rings. The fourth-order valence-electron chi connectivity index (χ4n) is 6.97. The fourth-order valence-corrected chi connectivity index (χ4v) is 8.81. The van der Waals surface area contributed by atoms with Crippen molar-refractivity contribution >= 4 is 45.1 Å². The monoisotopic (exact) mass is 840 g/mol. The van der Waals surface area contributed by atoms with Crippen molar-refractivity contribution in [3.63, 3.8) is 0 Å². The lowest BCUT2D eigenvalue weighted by atomic mass is 9.83. The van der Waals surface area contributed by atoms with Crippen LogP contribution in [-0.4, -0.2) is 105 Å². The second-order valence-corrected chi connectivity index (χ2v) is 18.3. The van der Waals surface area contributed by atoms with E-state index in [9.17, 15) is 27.6 Å². The van der Waals surface area contributed by atoms with E-state index in [1.165, 1.54) is 35.4 Å². The van der Waals surface area contributed by atoms with Gasteiger partial charge in [-0.1, -0.05) is 49.1 Å². The topological polar surface area (TPSA) is 171 Å². The molecule has 1 aromatic heterocycles. The molecule has 0 radical (unpaired) electrons. The number of nitrogens with one attached hydrogen (secondary N) is 1. The van der Waals surface area contributed by atoms with E-state index >= 15 is 0 Å². The molecule has 1 saturated carbocycles. The summed E-state index contributed by atoms with van der Waals surface area (Å²) < 4.78 is 46.5. The van der Waals surface area contributed by atoms with Gasteiger partial charge < -0.3 is 24.4 Å². The average Bonchev–Trinajstić information content (AvgIpc) is 3.89. The van der Waals surface area contributed by atoms with Crippen molar-refractivity contribution < 1.29 is 46.0 Å². The lowest BCUT2D eigenvalue weighted by Crippen LogP contribution is -2.56. The summed E-state index contributed by atoms with van der Waals surface area (Å²) >= 11 is 1.33. The Labute approximate surface area is 345 Å². The first kappa shape index (κ1) is 44.7. The van der Waals surface area contributed by atoms with Crippen molar-refractivity contribution in [2.24, 2.45) is 5.92 Å². The second-order valence-electron chi connectivity index (χ2n) is 15.8. The predicted octanol–water partition coefficient (Wildman–Crippen LogP) is 6.47. The molecule has 0 bridgehead atoms. The third-order valence-electron chi connectivity index (χ3n) is 10.3. The van der Waals surface area contributed by atoms with Gasteiger partial charge in [-0.15, -0.1) is 11.3 Å². The van der Waals surface area contributed by atoms with Crippen molar-refractivity contribution in [1.82, 2.24) is 20.1 Å². The number of hydrogen-bond acceptors (Lipinski definition) is 12. The number of aryl methyl sites for hydroxylation is 1. The van der Waals surface area contributed by atoms with Crippen LogP contribution in [0.5, 0.6) is 5.75 Å². The molecule has 1 N–H and O–H groups in total. The molecule has 3 aromatic rings. The quantitative estimate of drug-likeness (QED) is 0.0898. The Kier molecular flexibility index (Phi) is 15.5. The standard InChI is InChI=1S/C42H56N4O10S2/c1-28-17-19-33(20-18-28)58(51,52)55-25-23-53-22-24-54-32-15-10-14-31(26-32)37(47)34-27-57-39(43-34)35-16-11-21-46(35)40(49)36(30-12-8-7-9-13-30)44-38(48)29(2)45(6)41(50)56-42(3,4)5/h10,14-15,17-20,26-27,29-30,35-36H,7-9,11-13,16,21-25H2,1-6H3,(H,44,48)/t29?,35-,36?/m0/s1. The minimum atomic E-state index is -3.87. The number of amides is 3. The summed E-state index contributed by atoms with van der Waals surface area (Å²) in [6.45, 7) is 9.51. The van der Waals surface area contributed by atoms with E-state index in [4.69, 9.17) is 23.4 Å². The molecule has 1 aliphatic carbocycles. The maximum Gasteiger partial charge on any atom is 0.410 e. The summed E-state index contributed by atoms with van der Waals surface area (Å²) in [6, 6.07) is 11.2. The second kappa shape index (κ2) is 20.1. The van der Waals surface area contributed by atoms with E-state index in [1.807, 2.05) is 6.92 Å². The number of likely N-dealkylation sites (N-methyl/N-ethyl adjacent to an activating group) is 1. The molecule has 1 aliphatic heterocycles. The molecule has 5 rings (SSSR count). The Balaban J connectivity index is 1.16. The summed E-state index contributed by atoms with van der Waals surface area (Å²) in [5.74, 6) is -0.472. The SMILES string of the molecule is Cc1ccc(S(=O)(=O)OCCOCCOc2cccc(C(=O)c3csc([C@@H]4CCCN4C(=O)C(NC(=O)C(C)N(C)C(=O)OC(C)(C)C)C4CCCCC4)n3)c2)cc1. The normalized spacial score (nSPS) is 17.3. The average molecular weight is 841 g/mol. The van der Waals surface area contributed by atoms with Crippen LogP contribution in [-0.2, 0) is 33.4 Å². The van der Waals surface area contributed by atoms with Gasteiger partial charge in [-0.2, -0.15) is 8.42 Å². The lowest BCUT2D eigenvalue weighted by Gasteiger charge is -2.36. The summed E-state index contributed by atoms with van der Waals surface area (Å²) in [5, 5.41) is 5.38. The smallest absolute Gasteiger partial charge is 0.410 e. The number of carbonyl (C=O) groups is 4. The number of benzene rings is 2. The number of likely N-dealkylation sites (tertiary alicyclic amines) is 1. The molecule has 2 aromatic carbocycles. The van der Waals surface area contributed by atoms with Crippen LogP contribution in [0.15, 0.2) is 58.8 Å². The van der Waals surface area contributed by atoms with Crippen LogP contribution in [0.25, 0.3) is 0 Å². The Morgan fingerprint density at radius 2 is 1.67 bits per heavy atom. The van der Waals surface area contributed by atoms with Crippen LogP contribution in [0.4, 0.5) is 4.79 Å². The van der Waals surface area contributed by atoms with Gasteiger partial charge in [0.1, 0.15) is 40.7 Å². The van der Waals surface area contributed by atoms with Gasteiger partial charge in [0.05, 0.1) is 30.8 Å². The molecule has 1 saturated heterocycles. The minimum absolute atomic E-state index is 0.0396. The van der Waals surface area contributed by atoms with Crippen LogP contribution in [0, 0.1) is 12.8 Å². The molecule has 14 nitrogen and oxygen atoms in total. The largest absolute Gasteiger partial charge is 0.491 e. The lowest BCUT2D eigenvalue weighted by molar-refractivity contribution is -0.140. The number of ether oxygens (including phenoxy) is 3. The molecule has 2 unspecified atom stereocenters. The fraction of sp³-hybridized carbons (Fsp3) is 0.548. The van der Waals surface area contributed by atoms with Crippen molar-refractivity contribution in [2.45, 2.75) is 108 Å². The number of aromatic nitrogens is 1. The third kappa shape index (κ3) is 12.1. The molecule has 2 aliphatic rings. The molecule has 3 amide bonds. The van der Waals surface area contributed by atoms with Crippen LogP contribution < -0.4 is 10.1 Å². The number of hydrogen-bond donors (Lipinski definition) is 1. The van der Waals surface area contributed by atoms with Crippen molar-refractivity contribution in [3.8, 4) is 5.75 Å². The predicted molar refractivity (Wildman–Crippen MR) is 218 cm³/mol. The van der Waals surface area contributed by atoms with Gasteiger partial charge in [0.15, 0.2) is 0 Å². The Hall–Kier alpha value is -4.38. The highest BCUT2D eigenvalue weighted by molar-refractivity contribution is 7.86. The molecule has 0 spiro atoms. The van der Waals surface area contributed by atoms with Crippen LogP contribution in [0.3, 0.4) is 0 Å². The minimum Gasteiger partial charge on any atom is -0.491 e. The van der Waals surface area contributed by atoms with E-state index in [0.29, 0.717) is 29.3 Å². The number of thiazole rings is 1. The van der Waals surface area contributed by atoms with Crippen molar-refractivity contribution in [3.05, 3.63) is 75.7 Å². The van der Waals surface area contributed by atoms with Gasteiger partial charge in [0, 0.05) is 24.5 Å². The van der Waals surface area contributed by atoms with Gasteiger partial charge in [-0.3, -0.25) is 23.5 Å². The van der Waals surface area contributed by atoms with Crippen LogP contribution >= 0.6 is 11.3 Å².